The summed E-state index contributed by atoms with van der Waals surface area (Å²) in [6.45, 7) is 8.37. The molecule has 126 valence electrons. The zero-order chi connectivity index (χ0) is 16.4. The number of nitrogens with zero attached hydrogens (tertiary/aromatic N) is 3. The number of hydrogen-bond donors (Lipinski definition) is 2. The van der Waals surface area contributed by atoms with Crippen molar-refractivity contribution in [2.75, 3.05) is 53.0 Å². The van der Waals surface area contributed by atoms with E-state index >= 15 is 0 Å². The summed E-state index contributed by atoms with van der Waals surface area (Å²) in [4.78, 5) is 4.60. The molecular formula is C16H24N4O3. The number of ether oxygens (including phenoxy) is 2. The Morgan fingerprint density at radius 2 is 2.09 bits per heavy atom. The highest BCUT2D eigenvalue weighted by molar-refractivity contribution is 6.53. The average molecular weight is 320 g/mol. The fourth-order valence-electron chi connectivity index (χ4n) is 3.35. The molecule has 0 aromatic heterocycles. The molecule has 7 heteroatoms. The van der Waals surface area contributed by atoms with Gasteiger partial charge in [0.25, 0.3) is 0 Å². The van der Waals surface area contributed by atoms with Crippen LogP contribution in [0.1, 0.15) is 6.92 Å². The summed E-state index contributed by atoms with van der Waals surface area (Å²) in [5.74, 6) is 1.26. The van der Waals surface area contributed by atoms with Gasteiger partial charge in [-0.05, 0) is 6.92 Å². The molecule has 2 saturated heterocycles. The molecule has 0 saturated carbocycles. The molecule has 0 amide bonds. The lowest BCUT2D eigenvalue weighted by atomic mass is 9.92. The lowest BCUT2D eigenvalue weighted by Crippen LogP contribution is -2.54. The third kappa shape index (κ3) is 3.11. The van der Waals surface area contributed by atoms with Crippen molar-refractivity contribution in [1.82, 2.24) is 9.80 Å². The summed E-state index contributed by atoms with van der Waals surface area (Å²) in [6.07, 6.45) is 1.87. The summed E-state index contributed by atoms with van der Waals surface area (Å²) in [7, 11) is 1.59. The quantitative estimate of drug-likeness (QED) is 0.457. The van der Waals surface area contributed by atoms with Gasteiger partial charge in [-0.1, -0.05) is 5.16 Å². The minimum Gasteiger partial charge on any atom is -0.496 e. The van der Waals surface area contributed by atoms with Gasteiger partial charge in [0, 0.05) is 50.3 Å². The van der Waals surface area contributed by atoms with Gasteiger partial charge in [0.05, 0.1) is 26.0 Å². The summed E-state index contributed by atoms with van der Waals surface area (Å²) in [6, 6.07) is 0. The molecule has 0 aromatic carbocycles. The molecule has 23 heavy (non-hydrogen) atoms. The fraction of sp³-hybridized carbons (Fsp3) is 0.625. The Morgan fingerprint density at radius 1 is 1.39 bits per heavy atom. The van der Waals surface area contributed by atoms with Crippen molar-refractivity contribution < 1.29 is 14.7 Å². The van der Waals surface area contributed by atoms with Crippen LogP contribution in [0.25, 0.3) is 0 Å². The summed E-state index contributed by atoms with van der Waals surface area (Å²) < 4.78 is 10.7. The molecule has 0 bridgehead atoms. The highest BCUT2D eigenvalue weighted by atomic mass is 16.5. The average Bonchev–Trinajstić information content (AvgIpc) is 2.53. The minimum atomic E-state index is 0.260. The van der Waals surface area contributed by atoms with Gasteiger partial charge in [0.1, 0.15) is 17.2 Å². The molecule has 3 aliphatic rings. The Bertz CT molecular complexity index is 570. The van der Waals surface area contributed by atoms with Gasteiger partial charge in [0.2, 0.25) is 0 Å². The predicted octanol–water partition coefficient (Wildman–Crippen LogP) is 0.918. The van der Waals surface area contributed by atoms with Gasteiger partial charge in [-0.25, -0.2) is 0 Å². The number of morpholine rings is 1. The molecule has 0 radical (unpaired) electrons. The Kier molecular flexibility index (Phi) is 4.68. The first-order chi connectivity index (χ1) is 11.1. The number of hydrogen-bond acceptors (Lipinski definition) is 7. The van der Waals surface area contributed by atoms with Crippen molar-refractivity contribution in [2.45, 2.75) is 6.92 Å². The first kappa shape index (κ1) is 16.0. The van der Waals surface area contributed by atoms with E-state index in [1.54, 1.807) is 14.0 Å². The predicted molar refractivity (Wildman–Crippen MR) is 87.1 cm³/mol. The van der Waals surface area contributed by atoms with E-state index in [-0.39, 0.29) is 11.4 Å². The Morgan fingerprint density at radius 3 is 2.70 bits per heavy atom. The molecule has 0 atom stereocenters. The second kappa shape index (κ2) is 6.72. The fourth-order valence-corrected chi connectivity index (χ4v) is 3.35. The molecule has 3 rings (SSSR count). The van der Waals surface area contributed by atoms with Crippen molar-refractivity contribution in [2.24, 2.45) is 11.1 Å². The first-order valence-corrected chi connectivity index (χ1v) is 7.97. The smallest absolute Gasteiger partial charge is 0.136 e. The van der Waals surface area contributed by atoms with Gasteiger partial charge in [0.15, 0.2) is 0 Å². The van der Waals surface area contributed by atoms with Crippen molar-refractivity contribution >= 4 is 11.4 Å². The van der Waals surface area contributed by atoms with Crippen molar-refractivity contribution in [3.63, 3.8) is 0 Å². The number of nitrogens with one attached hydrogen (secondary N) is 1. The van der Waals surface area contributed by atoms with Gasteiger partial charge < -0.3 is 19.6 Å². The molecule has 7 nitrogen and oxygen atoms in total. The summed E-state index contributed by atoms with van der Waals surface area (Å²) in [5.41, 5.74) is 2.01. The number of oxime groups is 1. The first-order valence-electron chi connectivity index (χ1n) is 7.97. The summed E-state index contributed by atoms with van der Waals surface area (Å²) >= 11 is 0. The second-order valence-electron chi connectivity index (χ2n) is 6.23. The van der Waals surface area contributed by atoms with E-state index in [9.17, 15) is 5.21 Å². The van der Waals surface area contributed by atoms with Crippen LogP contribution < -0.4 is 0 Å². The SMILES string of the molecule is COC1=C(C)/C(=N/O)C(=N)C(N2CC(CN3CCOCC3)C2)=C1. The molecule has 2 fully saturated rings. The van der Waals surface area contributed by atoms with Gasteiger partial charge in [-0.15, -0.1) is 0 Å². The highest BCUT2D eigenvalue weighted by Gasteiger charge is 2.35. The lowest BCUT2D eigenvalue weighted by molar-refractivity contribution is 0.0139. The van der Waals surface area contributed by atoms with Crippen LogP contribution in [0.15, 0.2) is 28.3 Å². The van der Waals surface area contributed by atoms with E-state index in [0.717, 1.165) is 51.6 Å². The lowest BCUT2D eigenvalue weighted by Gasteiger charge is -2.45. The molecule has 1 aliphatic carbocycles. The third-order valence-corrected chi connectivity index (χ3v) is 4.72. The van der Waals surface area contributed by atoms with Crippen LogP contribution in [0.3, 0.4) is 0 Å². The van der Waals surface area contributed by atoms with Crippen molar-refractivity contribution in [3.8, 4) is 0 Å². The maximum absolute atomic E-state index is 9.20. The van der Waals surface area contributed by atoms with Gasteiger partial charge in [-0.2, -0.15) is 0 Å². The van der Waals surface area contributed by atoms with Crippen LogP contribution in [0.4, 0.5) is 0 Å². The molecule has 2 aliphatic heterocycles. The largest absolute Gasteiger partial charge is 0.496 e. The number of likely N-dealkylation sites (tertiary alicyclic amines) is 1. The molecule has 0 spiro atoms. The molecule has 2 heterocycles. The summed E-state index contributed by atoms with van der Waals surface area (Å²) in [5, 5.41) is 20.7. The van der Waals surface area contributed by atoms with E-state index in [4.69, 9.17) is 14.9 Å². The third-order valence-electron chi connectivity index (χ3n) is 4.72. The normalized spacial score (nSPS) is 25.7. The zero-order valence-electron chi connectivity index (χ0n) is 13.7. The van der Waals surface area contributed by atoms with Crippen LogP contribution in [0, 0.1) is 11.3 Å². The minimum absolute atomic E-state index is 0.260. The number of rotatable bonds is 4. The van der Waals surface area contributed by atoms with E-state index in [2.05, 4.69) is 15.0 Å². The van der Waals surface area contributed by atoms with Crippen molar-refractivity contribution in [1.29, 1.82) is 5.41 Å². The monoisotopic (exact) mass is 320 g/mol. The molecular weight excluding hydrogens is 296 g/mol. The van der Waals surface area contributed by atoms with Crippen LogP contribution in [0.5, 0.6) is 0 Å². The van der Waals surface area contributed by atoms with E-state index in [0.29, 0.717) is 17.3 Å². The molecule has 2 N–H and O–H groups in total. The van der Waals surface area contributed by atoms with Crippen LogP contribution in [-0.4, -0.2) is 79.5 Å². The number of allylic oxidation sites excluding steroid dienone is 3. The maximum atomic E-state index is 9.20. The van der Waals surface area contributed by atoms with Gasteiger partial charge in [-0.3, -0.25) is 10.3 Å². The van der Waals surface area contributed by atoms with Crippen LogP contribution in [0.2, 0.25) is 0 Å². The molecule has 0 unspecified atom stereocenters. The van der Waals surface area contributed by atoms with Crippen LogP contribution in [-0.2, 0) is 9.47 Å². The Balaban J connectivity index is 1.63. The molecule has 0 aromatic rings. The highest BCUT2D eigenvalue weighted by Crippen LogP contribution is 2.28. The van der Waals surface area contributed by atoms with E-state index in [1.165, 1.54) is 0 Å². The standard InChI is InChI=1S/C16H24N4O3/c1-11-14(22-2)7-13(15(17)16(11)18-21)20-9-12(10-20)8-19-3-5-23-6-4-19/h7,12,17,21H,3-6,8-10H2,1-2H3/b17-15?,18-16-. The topological polar surface area (TPSA) is 81.4 Å². The van der Waals surface area contributed by atoms with Gasteiger partial charge >= 0.3 is 0 Å². The Hall–Kier alpha value is -1.86. The second-order valence-corrected chi connectivity index (χ2v) is 6.23. The van der Waals surface area contributed by atoms with E-state index < -0.39 is 0 Å². The maximum Gasteiger partial charge on any atom is 0.136 e. The number of methoxy groups -OCH3 is 1. The zero-order valence-corrected chi connectivity index (χ0v) is 13.7. The van der Waals surface area contributed by atoms with Crippen LogP contribution >= 0.6 is 0 Å². The Labute approximate surface area is 136 Å². The van der Waals surface area contributed by atoms with E-state index in [1.807, 2.05) is 6.08 Å². The van der Waals surface area contributed by atoms with Crippen molar-refractivity contribution in [3.05, 3.63) is 23.1 Å².